The van der Waals surface area contributed by atoms with Crippen LogP contribution >= 0.6 is 0 Å². The zero-order chi connectivity index (χ0) is 17.2. The van der Waals surface area contributed by atoms with Gasteiger partial charge in [-0.2, -0.15) is 10.2 Å². The van der Waals surface area contributed by atoms with Crippen LogP contribution in [0.4, 0.5) is 4.79 Å². The van der Waals surface area contributed by atoms with Gasteiger partial charge in [0.05, 0.1) is 19.9 Å². The Hall–Kier alpha value is -3.23. The van der Waals surface area contributed by atoms with E-state index in [1.54, 1.807) is 30.3 Å². The average Bonchev–Trinajstić information content (AvgIpc) is 2.59. The average molecular weight is 320 g/mol. The minimum absolute atomic E-state index is 0.0237. The molecule has 1 rings (SSSR count). The highest BCUT2D eigenvalue weighted by Crippen LogP contribution is 1.98. The molecule has 0 aliphatic heterocycles. The Morgan fingerprint density at radius 2 is 1.61 bits per heavy atom. The van der Waals surface area contributed by atoms with Crippen LogP contribution < -0.4 is 10.9 Å². The summed E-state index contributed by atoms with van der Waals surface area (Å²) in [5.41, 5.74) is 4.37. The van der Waals surface area contributed by atoms with Gasteiger partial charge in [0.25, 0.3) is 5.91 Å². The SMILES string of the molecule is COC(=O)N/N=C(C)/C(=N/NC(=O)c1ccccc1)C(=O)OC. The van der Waals surface area contributed by atoms with Crippen molar-refractivity contribution >= 4 is 29.4 Å². The molecule has 0 bridgehead atoms. The zero-order valence-electron chi connectivity index (χ0n) is 12.8. The molecule has 0 aromatic heterocycles. The number of benzene rings is 1. The van der Waals surface area contributed by atoms with E-state index in [0.29, 0.717) is 5.56 Å². The molecule has 0 aliphatic rings. The molecule has 0 saturated heterocycles. The molecule has 1 aromatic rings. The van der Waals surface area contributed by atoms with Gasteiger partial charge in [-0.1, -0.05) is 18.2 Å². The van der Waals surface area contributed by atoms with Crippen LogP contribution in [0.2, 0.25) is 0 Å². The van der Waals surface area contributed by atoms with Gasteiger partial charge in [0.1, 0.15) is 0 Å². The van der Waals surface area contributed by atoms with Gasteiger partial charge in [-0.15, -0.1) is 0 Å². The molecule has 0 heterocycles. The molecule has 9 heteroatoms. The largest absolute Gasteiger partial charge is 0.464 e. The molecule has 122 valence electrons. The van der Waals surface area contributed by atoms with Gasteiger partial charge in [-0.25, -0.2) is 20.4 Å². The number of nitrogens with zero attached hydrogens (tertiary/aromatic N) is 2. The van der Waals surface area contributed by atoms with Gasteiger partial charge in [-0.3, -0.25) is 4.79 Å². The quantitative estimate of drug-likeness (QED) is 0.470. The molecule has 0 atom stereocenters. The highest BCUT2D eigenvalue weighted by Gasteiger charge is 2.17. The zero-order valence-corrected chi connectivity index (χ0v) is 12.8. The van der Waals surface area contributed by atoms with Crippen LogP contribution in [0.15, 0.2) is 40.5 Å². The molecular weight excluding hydrogens is 304 g/mol. The van der Waals surface area contributed by atoms with E-state index in [4.69, 9.17) is 0 Å². The predicted molar refractivity (Wildman–Crippen MR) is 82.0 cm³/mol. The number of carbonyl (C=O) groups excluding carboxylic acids is 3. The number of esters is 1. The molecule has 1 aromatic carbocycles. The normalized spacial score (nSPS) is 11.4. The van der Waals surface area contributed by atoms with E-state index in [2.05, 4.69) is 25.1 Å². The van der Waals surface area contributed by atoms with E-state index >= 15 is 0 Å². The first-order valence-corrected chi connectivity index (χ1v) is 6.39. The first kappa shape index (κ1) is 17.8. The number of hydrogen-bond donors (Lipinski definition) is 2. The molecule has 0 aliphatic carbocycles. The maximum Gasteiger partial charge on any atom is 0.427 e. The molecule has 0 fully saturated rings. The molecule has 2 N–H and O–H groups in total. The third kappa shape index (κ3) is 5.58. The Balaban J connectivity index is 2.91. The number of hydrogen-bond acceptors (Lipinski definition) is 7. The van der Waals surface area contributed by atoms with E-state index in [9.17, 15) is 14.4 Å². The predicted octanol–water partition coefficient (Wildman–Crippen LogP) is 0.677. The minimum atomic E-state index is -0.828. The van der Waals surface area contributed by atoms with Crippen LogP contribution in [0, 0.1) is 0 Å². The molecule has 9 nitrogen and oxygen atoms in total. The Kier molecular flexibility index (Phi) is 6.92. The summed E-state index contributed by atoms with van der Waals surface area (Å²) in [7, 11) is 2.31. The summed E-state index contributed by atoms with van der Waals surface area (Å²) in [5.74, 6) is -1.34. The third-order valence-electron chi connectivity index (χ3n) is 2.53. The summed E-state index contributed by atoms with van der Waals surface area (Å²) >= 11 is 0. The molecule has 0 unspecified atom stereocenters. The summed E-state index contributed by atoms with van der Waals surface area (Å²) < 4.78 is 8.90. The van der Waals surface area contributed by atoms with Gasteiger partial charge in [-0.05, 0) is 19.1 Å². The highest BCUT2D eigenvalue weighted by atomic mass is 16.5. The van der Waals surface area contributed by atoms with Gasteiger partial charge in [0.15, 0.2) is 5.71 Å². The number of methoxy groups -OCH3 is 2. The van der Waals surface area contributed by atoms with E-state index in [1.807, 2.05) is 5.43 Å². The summed E-state index contributed by atoms with van der Waals surface area (Å²) in [5, 5.41) is 7.32. The van der Waals surface area contributed by atoms with Gasteiger partial charge >= 0.3 is 12.1 Å². The van der Waals surface area contributed by atoms with E-state index in [0.717, 1.165) is 14.2 Å². The van der Waals surface area contributed by atoms with Crippen LogP contribution in [0.1, 0.15) is 17.3 Å². The van der Waals surface area contributed by atoms with Crippen LogP contribution in [0.5, 0.6) is 0 Å². The summed E-state index contributed by atoms with van der Waals surface area (Å²) in [6, 6.07) is 8.31. The minimum Gasteiger partial charge on any atom is -0.464 e. The first-order valence-electron chi connectivity index (χ1n) is 6.39. The second-order valence-corrected chi connectivity index (χ2v) is 4.06. The standard InChI is InChI=1S/C14H16N4O5/c1-9(15-18-14(21)23-3)11(13(20)22-2)16-17-12(19)10-7-5-4-6-8-10/h4-8H,1-3H3,(H,17,19)(H,18,21)/b15-9+,16-11-. The lowest BCUT2D eigenvalue weighted by atomic mass is 10.2. The van der Waals surface area contributed by atoms with Crippen molar-refractivity contribution in [2.45, 2.75) is 6.92 Å². The number of carbonyl (C=O) groups is 3. The fourth-order valence-electron chi connectivity index (χ4n) is 1.36. The smallest absolute Gasteiger partial charge is 0.427 e. The lowest BCUT2D eigenvalue weighted by molar-refractivity contribution is -0.132. The molecule has 0 spiro atoms. The van der Waals surface area contributed by atoms with Crippen molar-refractivity contribution in [2.75, 3.05) is 14.2 Å². The van der Waals surface area contributed by atoms with Gasteiger partial charge in [0.2, 0.25) is 0 Å². The van der Waals surface area contributed by atoms with Crippen molar-refractivity contribution in [3.8, 4) is 0 Å². The van der Waals surface area contributed by atoms with Crippen LogP contribution in [0.3, 0.4) is 0 Å². The van der Waals surface area contributed by atoms with E-state index in [1.165, 1.54) is 6.92 Å². The molecule has 23 heavy (non-hydrogen) atoms. The number of nitrogens with one attached hydrogen (secondary N) is 2. The molecule has 0 saturated carbocycles. The lowest BCUT2D eigenvalue weighted by Gasteiger charge is -2.05. The Morgan fingerprint density at radius 3 is 2.17 bits per heavy atom. The Morgan fingerprint density at radius 1 is 0.957 bits per heavy atom. The first-order chi connectivity index (χ1) is 11.0. The monoisotopic (exact) mass is 320 g/mol. The number of rotatable bonds is 5. The highest BCUT2D eigenvalue weighted by molar-refractivity contribution is 6.65. The summed E-state index contributed by atoms with van der Waals surface area (Å²) in [4.78, 5) is 34.5. The van der Waals surface area contributed by atoms with Crippen molar-refractivity contribution in [1.29, 1.82) is 0 Å². The number of ether oxygens (including phenoxy) is 2. The van der Waals surface area contributed by atoms with Gasteiger partial charge < -0.3 is 9.47 Å². The fourth-order valence-corrected chi connectivity index (χ4v) is 1.36. The maximum atomic E-state index is 11.9. The number of hydrazone groups is 2. The maximum absolute atomic E-state index is 11.9. The van der Waals surface area contributed by atoms with Crippen LogP contribution in [-0.2, 0) is 14.3 Å². The third-order valence-corrected chi connectivity index (χ3v) is 2.53. The van der Waals surface area contributed by atoms with Crippen LogP contribution in [-0.4, -0.2) is 43.6 Å². The topological polar surface area (TPSA) is 118 Å². The van der Waals surface area contributed by atoms with Crippen molar-refractivity contribution in [3.05, 3.63) is 35.9 Å². The fraction of sp³-hybridized carbons (Fsp3) is 0.214. The summed E-state index contributed by atoms with van der Waals surface area (Å²) in [6.07, 6.45) is -0.818. The van der Waals surface area contributed by atoms with Crippen molar-refractivity contribution < 1.29 is 23.9 Å². The molecule has 0 radical (unpaired) electrons. The van der Waals surface area contributed by atoms with E-state index in [-0.39, 0.29) is 11.4 Å². The summed E-state index contributed by atoms with van der Waals surface area (Å²) in [6.45, 7) is 1.40. The van der Waals surface area contributed by atoms with Crippen molar-refractivity contribution in [1.82, 2.24) is 10.9 Å². The Labute approximate surface area is 132 Å². The number of amides is 2. The molecule has 2 amide bonds. The van der Waals surface area contributed by atoms with Crippen molar-refractivity contribution in [3.63, 3.8) is 0 Å². The Bertz CT molecular complexity index is 640. The lowest BCUT2D eigenvalue weighted by Crippen LogP contribution is -2.31. The van der Waals surface area contributed by atoms with E-state index < -0.39 is 18.0 Å². The van der Waals surface area contributed by atoms with Gasteiger partial charge in [0, 0.05) is 5.56 Å². The second-order valence-electron chi connectivity index (χ2n) is 4.06. The molecular formula is C14H16N4O5. The second kappa shape index (κ2) is 8.93. The van der Waals surface area contributed by atoms with Crippen LogP contribution in [0.25, 0.3) is 0 Å². The van der Waals surface area contributed by atoms with Crippen molar-refractivity contribution in [2.24, 2.45) is 10.2 Å².